The van der Waals surface area contributed by atoms with Crippen LogP contribution in [0.25, 0.3) is 17.5 Å². The van der Waals surface area contributed by atoms with Gasteiger partial charge in [0.25, 0.3) is 11.1 Å². The Bertz CT molecular complexity index is 1150. The van der Waals surface area contributed by atoms with Crippen LogP contribution in [0.2, 0.25) is 5.02 Å². The molecule has 0 saturated carbocycles. The Kier molecular flexibility index (Phi) is 7.68. The lowest BCUT2D eigenvalue weighted by Crippen LogP contribution is -1.98. The lowest BCUT2D eigenvalue weighted by atomic mass is 10.2. The second kappa shape index (κ2) is 10.2. The molecule has 1 heterocycles. The first-order chi connectivity index (χ1) is 14.8. The van der Waals surface area contributed by atoms with Crippen molar-refractivity contribution in [2.45, 2.75) is 12.1 Å². The van der Waals surface area contributed by atoms with Gasteiger partial charge in [-0.05, 0) is 83.2 Å². The number of aromatic nitrogens is 2. The number of hydrogen-bond acceptors (Lipinski definition) is 8. The molecule has 162 valence electrons. The standard InChI is InChI=1S/C20H16ClIN2O6S/c1-3-29-15-7-10(6-13(22)17(15)25)8-16(19(26)27)31-20-24-23-18(30-20)12-9-11(21)4-5-14(12)28-2/h4-9,25H,3H2,1-2H3,(H,26,27)/b16-8-. The smallest absolute Gasteiger partial charge is 0.342 e. The van der Waals surface area contributed by atoms with E-state index in [1.165, 1.54) is 13.2 Å². The number of halogens is 2. The molecule has 0 aliphatic rings. The monoisotopic (exact) mass is 574 g/mol. The van der Waals surface area contributed by atoms with Crippen molar-refractivity contribution in [2.75, 3.05) is 13.7 Å². The van der Waals surface area contributed by atoms with Crippen molar-refractivity contribution >= 4 is 58.0 Å². The fourth-order valence-electron chi connectivity index (χ4n) is 2.53. The molecule has 0 fully saturated rings. The largest absolute Gasteiger partial charge is 0.504 e. The Morgan fingerprint density at radius 2 is 2.06 bits per heavy atom. The van der Waals surface area contributed by atoms with Crippen molar-refractivity contribution in [2.24, 2.45) is 0 Å². The number of aliphatic carboxylic acids is 1. The number of carboxylic acids is 1. The van der Waals surface area contributed by atoms with Crippen LogP contribution in [-0.4, -0.2) is 40.1 Å². The molecule has 2 N–H and O–H groups in total. The van der Waals surface area contributed by atoms with Crippen molar-refractivity contribution in [1.29, 1.82) is 0 Å². The van der Waals surface area contributed by atoms with Gasteiger partial charge in [0.15, 0.2) is 11.5 Å². The number of ether oxygens (including phenoxy) is 2. The molecule has 11 heteroatoms. The second-order valence-corrected chi connectivity index (χ2v) is 8.51. The molecule has 3 aromatic rings. The molecule has 0 unspecified atom stereocenters. The first-order valence-corrected chi connectivity index (χ1v) is 11.0. The minimum atomic E-state index is -1.17. The highest BCUT2D eigenvalue weighted by atomic mass is 127. The fraction of sp³-hybridized carbons (Fsp3) is 0.150. The fourth-order valence-corrected chi connectivity index (χ4v) is 4.00. The predicted octanol–water partition coefficient (Wildman–Crippen LogP) is 5.33. The van der Waals surface area contributed by atoms with Crippen LogP contribution in [0, 0.1) is 3.57 Å². The Morgan fingerprint density at radius 3 is 2.74 bits per heavy atom. The van der Waals surface area contributed by atoms with E-state index in [4.69, 9.17) is 25.5 Å². The highest BCUT2D eigenvalue weighted by Gasteiger charge is 2.19. The number of benzene rings is 2. The first kappa shape index (κ1) is 23.2. The highest BCUT2D eigenvalue weighted by molar-refractivity contribution is 14.1. The molecule has 0 saturated heterocycles. The molecule has 0 bridgehead atoms. The van der Waals surface area contributed by atoms with Gasteiger partial charge < -0.3 is 24.1 Å². The van der Waals surface area contributed by atoms with Gasteiger partial charge in [0.2, 0.25) is 0 Å². The summed E-state index contributed by atoms with van der Waals surface area (Å²) in [6.45, 7) is 2.14. The Hall–Kier alpha value is -2.44. The molecule has 0 radical (unpaired) electrons. The summed E-state index contributed by atoms with van der Waals surface area (Å²) in [5.41, 5.74) is 1.02. The van der Waals surface area contributed by atoms with Crippen molar-refractivity contribution in [3.8, 4) is 28.7 Å². The van der Waals surface area contributed by atoms with Crippen molar-refractivity contribution in [3.63, 3.8) is 0 Å². The van der Waals surface area contributed by atoms with Crippen LogP contribution in [0.15, 0.2) is 44.9 Å². The maximum absolute atomic E-state index is 11.8. The van der Waals surface area contributed by atoms with Gasteiger partial charge in [0.1, 0.15) is 10.7 Å². The van der Waals surface area contributed by atoms with E-state index in [1.54, 1.807) is 37.3 Å². The lowest BCUT2D eigenvalue weighted by Gasteiger charge is -2.09. The van der Waals surface area contributed by atoms with Gasteiger partial charge >= 0.3 is 5.97 Å². The molecule has 0 spiro atoms. The number of methoxy groups -OCH3 is 1. The molecule has 0 atom stereocenters. The third kappa shape index (κ3) is 5.63. The zero-order valence-electron chi connectivity index (χ0n) is 16.3. The normalized spacial score (nSPS) is 11.4. The van der Waals surface area contributed by atoms with Crippen LogP contribution >= 0.6 is 46.0 Å². The van der Waals surface area contributed by atoms with Crippen LogP contribution < -0.4 is 9.47 Å². The van der Waals surface area contributed by atoms with E-state index in [1.807, 2.05) is 22.6 Å². The van der Waals surface area contributed by atoms with Gasteiger partial charge in [0.05, 0.1) is 22.9 Å². The van der Waals surface area contributed by atoms with E-state index in [0.29, 0.717) is 32.1 Å². The number of carboxylic acid groups (broad SMARTS) is 1. The van der Waals surface area contributed by atoms with Gasteiger partial charge in [-0.2, -0.15) is 0 Å². The lowest BCUT2D eigenvalue weighted by molar-refractivity contribution is -0.131. The molecule has 0 amide bonds. The van der Waals surface area contributed by atoms with Gasteiger partial charge in [-0.15, -0.1) is 10.2 Å². The van der Waals surface area contributed by atoms with E-state index in [9.17, 15) is 15.0 Å². The molecule has 31 heavy (non-hydrogen) atoms. The Morgan fingerprint density at radius 1 is 1.29 bits per heavy atom. The van der Waals surface area contributed by atoms with Crippen molar-refractivity contribution in [1.82, 2.24) is 10.2 Å². The van der Waals surface area contributed by atoms with Gasteiger partial charge in [-0.25, -0.2) is 4.79 Å². The van der Waals surface area contributed by atoms with Gasteiger partial charge in [-0.1, -0.05) is 11.6 Å². The van der Waals surface area contributed by atoms with E-state index in [0.717, 1.165) is 11.8 Å². The van der Waals surface area contributed by atoms with Gasteiger partial charge in [0, 0.05) is 5.02 Å². The predicted molar refractivity (Wildman–Crippen MR) is 125 cm³/mol. The topological polar surface area (TPSA) is 115 Å². The summed E-state index contributed by atoms with van der Waals surface area (Å²) in [4.78, 5) is 11.7. The third-order valence-corrected chi connectivity index (χ3v) is 5.76. The summed E-state index contributed by atoms with van der Waals surface area (Å²) in [5, 5.41) is 28.1. The van der Waals surface area contributed by atoms with Crippen LogP contribution in [0.5, 0.6) is 17.2 Å². The van der Waals surface area contributed by atoms with Crippen LogP contribution in [0.4, 0.5) is 0 Å². The average molecular weight is 575 g/mol. The number of phenols is 1. The third-order valence-electron chi connectivity index (χ3n) is 3.85. The summed E-state index contributed by atoms with van der Waals surface area (Å²) >= 11 is 8.78. The van der Waals surface area contributed by atoms with Crippen molar-refractivity contribution in [3.05, 3.63) is 49.4 Å². The summed E-state index contributed by atoms with van der Waals surface area (Å²) in [5.74, 6) is -0.277. The molecule has 0 aliphatic heterocycles. The number of aromatic hydroxyl groups is 1. The molecule has 8 nitrogen and oxygen atoms in total. The molecule has 3 rings (SSSR count). The highest BCUT2D eigenvalue weighted by Crippen LogP contribution is 2.37. The van der Waals surface area contributed by atoms with E-state index >= 15 is 0 Å². The first-order valence-electron chi connectivity index (χ1n) is 8.78. The van der Waals surface area contributed by atoms with Crippen molar-refractivity contribution < 1.29 is 28.9 Å². The molecule has 1 aromatic heterocycles. The van der Waals surface area contributed by atoms with Crippen LogP contribution in [-0.2, 0) is 4.79 Å². The van der Waals surface area contributed by atoms with E-state index in [2.05, 4.69) is 10.2 Å². The molecule has 2 aromatic carbocycles. The Balaban J connectivity index is 1.92. The maximum Gasteiger partial charge on any atom is 0.342 e. The van der Waals surface area contributed by atoms with E-state index in [-0.39, 0.29) is 27.5 Å². The Labute approximate surface area is 200 Å². The number of thioether (sulfide) groups is 1. The molecular weight excluding hydrogens is 559 g/mol. The zero-order chi connectivity index (χ0) is 22.5. The minimum Gasteiger partial charge on any atom is -0.504 e. The van der Waals surface area contributed by atoms with E-state index < -0.39 is 5.97 Å². The summed E-state index contributed by atoms with van der Waals surface area (Å²) in [6.07, 6.45) is 1.43. The summed E-state index contributed by atoms with van der Waals surface area (Å²) < 4.78 is 16.8. The molecular formula is C20H16ClIN2O6S. The minimum absolute atomic E-state index is 0.00106. The summed E-state index contributed by atoms with van der Waals surface area (Å²) in [7, 11) is 1.50. The number of carbonyl (C=O) groups is 1. The SMILES string of the molecule is CCOc1cc(/C=C(\Sc2nnc(-c3cc(Cl)ccc3OC)o2)C(=O)O)cc(I)c1O. The number of hydrogen-bond donors (Lipinski definition) is 2. The zero-order valence-corrected chi connectivity index (χ0v) is 20.0. The number of phenolic OH excluding ortho intramolecular Hbond substituents is 1. The number of rotatable bonds is 8. The number of nitrogens with zero attached hydrogens (tertiary/aromatic N) is 2. The van der Waals surface area contributed by atoms with Crippen LogP contribution in [0.1, 0.15) is 12.5 Å². The van der Waals surface area contributed by atoms with Gasteiger partial charge in [-0.3, -0.25) is 0 Å². The average Bonchev–Trinajstić information content (AvgIpc) is 3.19. The molecule has 0 aliphatic carbocycles. The quantitative estimate of drug-likeness (QED) is 0.209. The second-order valence-electron chi connectivity index (χ2n) is 5.92. The van der Waals surface area contributed by atoms with Crippen LogP contribution in [0.3, 0.4) is 0 Å². The maximum atomic E-state index is 11.8. The summed E-state index contributed by atoms with van der Waals surface area (Å²) in [6, 6.07) is 8.14.